The smallest absolute Gasteiger partial charge is 0.221 e. The van der Waals surface area contributed by atoms with E-state index in [0.29, 0.717) is 5.56 Å². The van der Waals surface area contributed by atoms with Crippen molar-refractivity contribution in [1.29, 1.82) is 0 Å². The third kappa shape index (κ3) is 2.73. The Hall–Kier alpha value is -2.36. The first-order valence-corrected chi connectivity index (χ1v) is 6.06. The summed E-state index contributed by atoms with van der Waals surface area (Å²) < 4.78 is 0. The number of aryl methyl sites for hydroxylation is 1. The van der Waals surface area contributed by atoms with Crippen molar-refractivity contribution >= 4 is 17.4 Å². The zero-order chi connectivity index (χ0) is 14.0. The molecule has 0 saturated heterocycles. The van der Waals surface area contributed by atoms with E-state index < -0.39 is 0 Å². The van der Waals surface area contributed by atoms with Crippen LogP contribution in [-0.2, 0) is 4.79 Å². The van der Waals surface area contributed by atoms with Crippen LogP contribution < -0.4 is 5.32 Å². The van der Waals surface area contributed by atoms with Crippen molar-refractivity contribution in [3.8, 4) is 11.3 Å². The van der Waals surface area contributed by atoms with E-state index in [9.17, 15) is 9.59 Å². The van der Waals surface area contributed by atoms with Crippen LogP contribution in [0.5, 0.6) is 0 Å². The molecule has 0 fully saturated rings. The van der Waals surface area contributed by atoms with E-state index in [4.69, 9.17) is 0 Å². The Morgan fingerprint density at radius 1 is 1.16 bits per heavy atom. The second kappa shape index (κ2) is 5.10. The maximum Gasteiger partial charge on any atom is 0.221 e. The number of aromatic nitrogens is 1. The van der Waals surface area contributed by atoms with Gasteiger partial charge in [0.05, 0.1) is 5.69 Å². The van der Waals surface area contributed by atoms with Gasteiger partial charge in [-0.2, -0.15) is 0 Å². The number of anilines is 1. The molecule has 0 bridgehead atoms. The van der Waals surface area contributed by atoms with Crippen molar-refractivity contribution in [2.45, 2.75) is 20.8 Å². The van der Waals surface area contributed by atoms with Crippen LogP contribution in [-0.4, -0.2) is 16.7 Å². The molecule has 4 heteroatoms. The Balaban J connectivity index is 2.50. The molecule has 1 heterocycles. The molecule has 2 N–H and O–H groups in total. The predicted octanol–water partition coefficient (Wildman–Crippen LogP) is 3.15. The Morgan fingerprint density at radius 2 is 1.84 bits per heavy atom. The summed E-state index contributed by atoms with van der Waals surface area (Å²) in [5.74, 6) is -0.0977. The van der Waals surface area contributed by atoms with E-state index in [0.717, 1.165) is 22.6 Å². The average molecular weight is 256 g/mol. The maximum atomic E-state index is 11.5. The molecule has 2 aromatic rings. The van der Waals surface area contributed by atoms with Gasteiger partial charge in [0.25, 0.3) is 0 Å². The minimum atomic E-state index is -0.123. The van der Waals surface area contributed by atoms with E-state index in [-0.39, 0.29) is 11.7 Å². The molecule has 2 rings (SSSR count). The predicted molar refractivity (Wildman–Crippen MR) is 75.3 cm³/mol. The van der Waals surface area contributed by atoms with Gasteiger partial charge in [0.15, 0.2) is 5.78 Å². The van der Waals surface area contributed by atoms with Gasteiger partial charge in [0.1, 0.15) is 0 Å². The summed E-state index contributed by atoms with van der Waals surface area (Å²) >= 11 is 0. The standard InChI is InChI=1S/C15H16N2O2/c1-9-13(10(2)18)8-15(16-9)12-6-4-5-7-14(12)17-11(3)19/h4-8,16H,1-3H3,(H,17,19). The quantitative estimate of drug-likeness (QED) is 0.829. The second-order valence-corrected chi connectivity index (χ2v) is 4.50. The van der Waals surface area contributed by atoms with Gasteiger partial charge in [0, 0.05) is 29.4 Å². The molecule has 98 valence electrons. The van der Waals surface area contributed by atoms with Gasteiger partial charge in [-0.1, -0.05) is 18.2 Å². The Labute approximate surface area is 111 Å². The van der Waals surface area contributed by atoms with Crippen LogP contribution in [0, 0.1) is 6.92 Å². The van der Waals surface area contributed by atoms with Gasteiger partial charge in [-0.3, -0.25) is 9.59 Å². The van der Waals surface area contributed by atoms with E-state index in [1.165, 1.54) is 6.92 Å². The lowest BCUT2D eigenvalue weighted by molar-refractivity contribution is -0.114. The summed E-state index contributed by atoms with van der Waals surface area (Å²) in [7, 11) is 0. The van der Waals surface area contributed by atoms with Gasteiger partial charge in [-0.05, 0) is 26.0 Å². The highest BCUT2D eigenvalue weighted by molar-refractivity contribution is 5.98. The Morgan fingerprint density at radius 3 is 2.42 bits per heavy atom. The lowest BCUT2D eigenvalue weighted by atomic mass is 10.1. The SMILES string of the molecule is CC(=O)Nc1ccccc1-c1cc(C(C)=O)c(C)[nH]1. The molecule has 0 unspecified atom stereocenters. The summed E-state index contributed by atoms with van der Waals surface area (Å²) in [5.41, 5.74) is 3.93. The van der Waals surface area contributed by atoms with Gasteiger partial charge in [-0.25, -0.2) is 0 Å². The summed E-state index contributed by atoms with van der Waals surface area (Å²) in [6.07, 6.45) is 0. The molecule has 0 spiro atoms. The number of hydrogen-bond acceptors (Lipinski definition) is 2. The fourth-order valence-corrected chi connectivity index (χ4v) is 2.09. The zero-order valence-corrected chi connectivity index (χ0v) is 11.2. The number of rotatable bonds is 3. The van der Waals surface area contributed by atoms with Crippen LogP contribution in [0.4, 0.5) is 5.69 Å². The van der Waals surface area contributed by atoms with E-state index in [1.807, 2.05) is 37.3 Å². The molecule has 0 atom stereocenters. The molecule has 0 aliphatic carbocycles. The monoisotopic (exact) mass is 256 g/mol. The topological polar surface area (TPSA) is 62.0 Å². The van der Waals surface area contributed by atoms with Crippen LogP contribution in [0.1, 0.15) is 29.9 Å². The number of ketones is 1. The largest absolute Gasteiger partial charge is 0.358 e. The molecular weight excluding hydrogens is 240 g/mol. The number of Topliss-reactive ketones (excluding diaryl/α,β-unsaturated/α-hetero) is 1. The van der Waals surface area contributed by atoms with Crippen LogP contribution in [0.2, 0.25) is 0 Å². The highest BCUT2D eigenvalue weighted by Gasteiger charge is 2.12. The fourth-order valence-electron chi connectivity index (χ4n) is 2.09. The number of H-pyrrole nitrogens is 1. The molecule has 0 radical (unpaired) electrons. The number of hydrogen-bond donors (Lipinski definition) is 2. The first-order valence-electron chi connectivity index (χ1n) is 6.06. The van der Waals surface area contributed by atoms with Crippen LogP contribution in [0.3, 0.4) is 0 Å². The number of carbonyl (C=O) groups excluding carboxylic acids is 2. The first kappa shape index (κ1) is 13.1. The lowest BCUT2D eigenvalue weighted by Crippen LogP contribution is -2.06. The van der Waals surface area contributed by atoms with Crippen LogP contribution >= 0.6 is 0 Å². The number of aromatic amines is 1. The van der Waals surface area contributed by atoms with Crippen LogP contribution in [0.25, 0.3) is 11.3 Å². The molecule has 1 aromatic heterocycles. The Bertz CT molecular complexity index is 641. The highest BCUT2D eigenvalue weighted by atomic mass is 16.1. The highest BCUT2D eigenvalue weighted by Crippen LogP contribution is 2.28. The van der Waals surface area contributed by atoms with E-state index in [1.54, 1.807) is 6.92 Å². The number of para-hydroxylation sites is 1. The van der Waals surface area contributed by atoms with Crippen molar-refractivity contribution in [2.75, 3.05) is 5.32 Å². The average Bonchev–Trinajstić information content (AvgIpc) is 2.71. The number of benzene rings is 1. The fraction of sp³-hybridized carbons (Fsp3) is 0.200. The number of carbonyl (C=O) groups is 2. The van der Waals surface area contributed by atoms with Crippen molar-refractivity contribution in [1.82, 2.24) is 4.98 Å². The Kier molecular flexibility index (Phi) is 3.51. The van der Waals surface area contributed by atoms with Crippen LogP contribution in [0.15, 0.2) is 30.3 Å². The molecule has 1 amide bonds. The van der Waals surface area contributed by atoms with Gasteiger partial charge in [0.2, 0.25) is 5.91 Å². The summed E-state index contributed by atoms with van der Waals surface area (Å²) in [6, 6.07) is 9.31. The van der Waals surface area contributed by atoms with Crippen molar-refractivity contribution in [2.24, 2.45) is 0 Å². The second-order valence-electron chi connectivity index (χ2n) is 4.50. The maximum absolute atomic E-state index is 11.5. The summed E-state index contributed by atoms with van der Waals surface area (Å²) in [6.45, 7) is 4.87. The van der Waals surface area contributed by atoms with Gasteiger partial charge < -0.3 is 10.3 Å². The first-order chi connectivity index (χ1) is 8.99. The molecule has 1 aromatic carbocycles. The van der Waals surface area contributed by atoms with E-state index >= 15 is 0 Å². The zero-order valence-electron chi connectivity index (χ0n) is 11.2. The van der Waals surface area contributed by atoms with Gasteiger partial charge >= 0.3 is 0 Å². The summed E-state index contributed by atoms with van der Waals surface area (Å²) in [5, 5.41) is 2.79. The lowest BCUT2D eigenvalue weighted by Gasteiger charge is -2.08. The third-order valence-corrected chi connectivity index (χ3v) is 2.92. The normalized spacial score (nSPS) is 10.3. The van der Waals surface area contributed by atoms with Crippen molar-refractivity contribution < 1.29 is 9.59 Å². The van der Waals surface area contributed by atoms with E-state index in [2.05, 4.69) is 10.3 Å². The van der Waals surface area contributed by atoms with Crippen molar-refractivity contribution in [3.63, 3.8) is 0 Å². The summed E-state index contributed by atoms with van der Waals surface area (Å²) in [4.78, 5) is 25.9. The minimum Gasteiger partial charge on any atom is -0.358 e. The minimum absolute atomic E-state index is 0.0250. The molecular formula is C15H16N2O2. The van der Waals surface area contributed by atoms with Gasteiger partial charge in [-0.15, -0.1) is 0 Å². The number of amides is 1. The third-order valence-electron chi connectivity index (χ3n) is 2.92. The molecule has 0 saturated carbocycles. The molecule has 0 aliphatic rings. The molecule has 0 aliphatic heterocycles. The number of nitrogens with one attached hydrogen (secondary N) is 2. The molecule has 4 nitrogen and oxygen atoms in total. The van der Waals surface area contributed by atoms with Crippen molar-refractivity contribution in [3.05, 3.63) is 41.6 Å². The molecule has 19 heavy (non-hydrogen) atoms.